The highest BCUT2D eigenvalue weighted by atomic mass is 16.5. The van der Waals surface area contributed by atoms with E-state index in [2.05, 4.69) is 32.9 Å². The topological polar surface area (TPSA) is 44.8 Å². The summed E-state index contributed by atoms with van der Waals surface area (Å²) in [5.41, 5.74) is 4.03. The highest BCUT2D eigenvalue weighted by Gasteiger charge is 2.35. The minimum Gasteiger partial charge on any atom is -0.497 e. The average Bonchev–Trinajstić information content (AvgIpc) is 2.59. The van der Waals surface area contributed by atoms with E-state index in [0.717, 1.165) is 34.6 Å². The van der Waals surface area contributed by atoms with Gasteiger partial charge in [-0.15, -0.1) is 0 Å². The molecule has 3 rings (SSSR count). The molecule has 2 aromatic carbocycles. The van der Waals surface area contributed by atoms with E-state index in [0.29, 0.717) is 5.75 Å². The van der Waals surface area contributed by atoms with Gasteiger partial charge in [-0.2, -0.15) is 0 Å². The van der Waals surface area contributed by atoms with Crippen molar-refractivity contribution in [2.45, 2.75) is 39.7 Å². The molecule has 0 saturated heterocycles. The molecule has 136 valence electrons. The lowest BCUT2D eigenvalue weighted by molar-refractivity contribution is -0.131. The summed E-state index contributed by atoms with van der Waals surface area (Å²) in [5.74, 6) is 1.72. The van der Waals surface area contributed by atoms with E-state index in [9.17, 15) is 4.79 Å². The Bertz CT molecular complexity index is 860. The maximum absolute atomic E-state index is 11.2. The second-order valence-electron chi connectivity index (χ2n) is 6.80. The highest BCUT2D eigenvalue weighted by Crippen LogP contribution is 2.47. The quantitative estimate of drug-likeness (QED) is 0.566. The highest BCUT2D eigenvalue weighted by molar-refractivity contribution is 5.97. The molecule has 4 heteroatoms. The first-order valence-electron chi connectivity index (χ1n) is 8.75. The zero-order chi connectivity index (χ0) is 18.9. The molecule has 4 nitrogen and oxygen atoms in total. The lowest BCUT2D eigenvalue weighted by Gasteiger charge is -2.37. The molecule has 0 aromatic heterocycles. The fraction of sp³-hybridized carbons (Fsp3) is 0.318. The number of esters is 1. The smallest absolute Gasteiger partial charge is 0.308 e. The van der Waals surface area contributed by atoms with Crippen molar-refractivity contribution in [3.05, 3.63) is 53.6 Å². The number of ether oxygens (including phenoxy) is 3. The lowest BCUT2D eigenvalue weighted by Crippen LogP contribution is -2.33. The lowest BCUT2D eigenvalue weighted by atomic mass is 9.81. The molecule has 1 heterocycles. The van der Waals surface area contributed by atoms with E-state index in [-0.39, 0.29) is 5.97 Å². The Kier molecular flexibility index (Phi) is 4.77. The van der Waals surface area contributed by atoms with Gasteiger partial charge in [-0.3, -0.25) is 4.79 Å². The number of benzene rings is 2. The normalized spacial score (nSPS) is 15.1. The number of hydrogen-bond donors (Lipinski definition) is 0. The molecule has 0 unspecified atom stereocenters. The van der Waals surface area contributed by atoms with E-state index in [1.54, 1.807) is 13.2 Å². The maximum Gasteiger partial charge on any atom is 0.308 e. The maximum atomic E-state index is 11.2. The van der Waals surface area contributed by atoms with Crippen molar-refractivity contribution in [1.29, 1.82) is 0 Å². The Balaban J connectivity index is 2.14. The van der Waals surface area contributed by atoms with Crippen LogP contribution in [0.2, 0.25) is 0 Å². The number of carbonyl (C=O) groups is 1. The van der Waals surface area contributed by atoms with Crippen LogP contribution in [0.4, 0.5) is 0 Å². The third kappa shape index (κ3) is 3.32. The van der Waals surface area contributed by atoms with Gasteiger partial charge in [-0.05, 0) is 55.7 Å². The van der Waals surface area contributed by atoms with E-state index >= 15 is 0 Å². The van der Waals surface area contributed by atoms with Crippen molar-refractivity contribution in [3.8, 4) is 17.2 Å². The van der Waals surface area contributed by atoms with Gasteiger partial charge in [0.1, 0.15) is 22.8 Å². The third-order valence-corrected chi connectivity index (χ3v) is 4.54. The summed E-state index contributed by atoms with van der Waals surface area (Å²) in [7, 11) is 1.66. The standard InChI is InChI=1S/C22H24O4/c1-6-18-19-12-11-17(25-14(2)23)13-20(19)26-22(3,4)21(18)15-7-9-16(24-5)10-8-15/h7-13H,6H2,1-5H3. The van der Waals surface area contributed by atoms with Crippen molar-refractivity contribution >= 4 is 17.1 Å². The number of methoxy groups -OCH3 is 1. The van der Waals surface area contributed by atoms with Crippen LogP contribution in [0.15, 0.2) is 42.5 Å². The molecule has 26 heavy (non-hydrogen) atoms. The zero-order valence-electron chi connectivity index (χ0n) is 15.9. The molecule has 1 aliphatic heterocycles. The van der Waals surface area contributed by atoms with Crippen LogP contribution in [-0.4, -0.2) is 18.7 Å². The number of carbonyl (C=O) groups excluding carboxylic acids is 1. The fourth-order valence-corrected chi connectivity index (χ4v) is 3.54. The molecule has 0 N–H and O–H groups in total. The predicted molar refractivity (Wildman–Crippen MR) is 103 cm³/mol. The number of rotatable bonds is 4. The summed E-state index contributed by atoms with van der Waals surface area (Å²) >= 11 is 0. The van der Waals surface area contributed by atoms with Crippen LogP contribution in [0.25, 0.3) is 11.1 Å². The van der Waals surface area contributed by atoms with Crippen LogP contribution >= 0.6 is 0 Å². The van der Waals surface area contributed by atoms with Gasteiger partial charge in [0, 0.05) is 24.1 Å². The monoisotopic (exact) mass is 352 g/mol. The van der Waals surface area contributed by atoms with Crippen LogP contribution in [0, 0.1) is 0 Å². The van der Waals surface area contributed by atoms with Crippen molar-refractivity contribution in [3.63, 3.8) is 0 Å². The number of fused-ring (bicyclic) bond motifs is 1. The second-order valence-corrected chi connectivity index (χ2v) is 6.80. The summed E-state index contributed by atoms with van der Waals surface area (Å²) in [4.78, 5) is 11.2. The minimum absolute atomic E-state index is 0.342. The first kappa shape index (κ1) is 18.1. The van der Waals surface area contributed by atoms with E-state index in [1.165, 1.54) is 12.5 Å². The first-order chi connectivity index (χ1) is 12.4. The molecule has 0 fully saturated rings. The molecule has 0 aliphatic carbocycles. The Morgan fingerprint density at radius 3 is 2.31 bits per heavy atom. The van der Waals surface area contributed by atoms with Gasteiger partial charge < -0.3 is 14.2 Å². The summed E-state index contributed by atoms with van der Waals surface area (Å²) in [6.07, 6.45) is 0.869. The molecular weight excluding hydrogens is 328 g/mol. The molecule has 0 saturated carbocycles. The molecule has 0 bridgehead atoms. The fourth-order valence-electron chi connectivity index (χ4n) is 3.54. The number of hydrogen-bond acceptors (Lipinski definition) is 4. The largest absolute Gasteiger partial charge is 0.497 e. The van der Waals surface area contributed by atoms with Crippen LogP contribution in [0.5, 0.6) is 17.2 Å². The Labute approximate surface area is 154 Å². The van der Waals surface area contributed by atoms with Gasteiger partial charge in [0.15, 0.2) is 0 Å². The van der Waals surface area contributed by atoms with Crippen LogP contribution in [0.1, 0.15) is 45.2 Å². The third-order valence-electron chi connectivity index (χ3n) is 4.54. The molecule has 1 aliphatic rings. The van der Waals surface area contributed by atoms with E-state index in [4.69, 9.17) is 14.2 Å². The summed E-state index contributed by atoms with van der Waals surface area (Å²) < 4.78 is 16.8. The molecule has 0 atom stereocenters. The molecular formula is C22H24O4. The Morgan fingerprint density at radius 2 is 1.73 bits per heavy atom. The Morgan fingerprint density at radius 1 is 1.08 bits per heavy atom. The van der Waals surface area contributed by atoms with Crippen LogP contribution in [-0.2, 0) is 4.79 Å². The summed E-state index contributed by atoms with van der Waals surface area (Å²) in [6, 6.07) is 13.6. The van der Waals surface area contributed by atoms with Gasteiger partial charge in [0.25, 0.3) is 0 Å². The predicted octanol–water partition coefficient (Wildman–Crippen LogP) is 5.11. The minimum atomic E-state index is -0.512. The molecule has 0 amide bonds. The van der Waals surface area contributed by atoms with Gasteiger partial charge in [0.2, 0.25) is 0 Å². The average molecular weight is 352 g/mol. The van der Waals surface area contributed by atoms with Crippen molar-refractivity contribution in [1.82, 2.24) is 0 Å². The zero-order valence-corrected chi connectivity index (χ0v) is 15.9. The second kappa shape index (κ2) is 6.87. The van der Waals surface area contributed by atoms with Gasteiger partial charge >= 0.3 is 5.97 Å². The SMILES string of the molecule is CCC1=C(c2ccc(OC)cc2)C(C)(C)Oc2cc(OC(C)=O)ccc21. The van der Waals surface area contributed by atoms with Crippen molar-refractivity contribution in [2.24, 2.45) is 0 Å². The molecule has 2 aromatic rings. The van der Waals surface area contributed by atoms with Crippen LogP contribution < -0.4 is 14.2 Å². The molecule has 0 radical (unpaired) electrons. The van der Waals surface area contributed by atoms with Crippen LogP contribution in [0.3, 0.4) is 0 Å². The van der Waals surface area contributed by atoms with Crippen molar-refractivity contribution < 1.29 is 19.0 Å². The van der Waals surface area contributed by atoms with Crippen molar-refractivity contribution in [2.75, 3.05) is 7.11 Å². The number of allylic oxidation sites excluding steroid dienone is 1. The van der Waals surface area contributed by atoms with Gasteiger partial charge in [-0.25, -0.2) is 0 Å². The van der Waals surface area contributed by atoms with Gasteiger partial charge in [0.05, 0.1) is 7.11 Å². The first-order valence-corrected chi connectivity index (χ1v) is 8.75. The summed E-state index contributed by atoms with van der Waals surface area (Å²) in [6.45, 7) is 7.65. The Hall–Kier alpha value is -2.75. The summed E-state index contributed by atoms with van der Waals surface area (Å²) in [5, 5.41) is 0. The van der Waals surface area contributed by atoms with E-state index < -0.39 is 5.60 Å². The van der Waals surface area contributed by atoms with E-state index in [1.807, 2.05) is 24.3 Å². The molecule has 0 spiro atoms. The van der Waals surface area contributed by atoms with Gasteiger partial charge in [-0.1, -0.05) is 19.1 Å².